The molecule has 0 radical (unpaired) electrons. The van der Waals surface area contributed by atoms with E-state index >= 15 is 0 Å². The maximum absolute atomic E-state index is 5.94. The summed E-state index contributed by atoms with van der Waals surface area (Å²) in [5, 5.41) is 0. The van der Waals surface area contributed by atoms with Gasteiger partial charge in [-0.25, -0.2) is 0 Å². The molecule has 2 aromatic carbocycles. The van der Waals surface area contributed by atoms with Crippen LogP contribution in [0.4, 0.5) is 0 Å². The van der Waals surface area contributed by atoms with E-state index in [1.165, 1.54) is 5.56 Å². The number of hydrogen-bond acceptors (Lipinski definition) is 3. The Morgan fingerprint density at radius 1 is 0.857 bits per heavy atom. The summed E-state index contributed by atoms with van der Waals surface area (Å²) in [6.45, 7) is 4.36. The summed E-state index contributed by atoms with van der Waals surface area (Å²) in [4.78, 5) is 0. The van der Waals surface area contributed by atoms with Gasteiger partial charge >= 0.3 is 0 Å². The first-order valence-corrected chi connectivity index (χ1v) is 7.82. The fourth-order valence-electron chi connectivity index (χ4n) is 1.97. The quantitative estimate of drug-likeness (QED) is 0.646. The summed E-state index contributed by atoms with van der Waals surface area (Å²) in [5.74, 6) is 3.42. The van der Waals surface area contributed by atoms with E-state index in [9.17, 15) is 0 Å². The lowest BCUT2D eigenvalue weighted by molar-refractivity contribution is 0.352. The van der Waals surface area contributed by atoms with Crippen LogP contribution in [0.1, 0.15) is 25.3 Å². The largest absolute Gasteiger partial charge is 0.493 e. The summed E-state index contributed by atoms with van der Waals surface area (Å²) >= 11 is 2.30. The van der Waals surface area contributed by atoms with Gasteiger partial charge in [0.2, 0.25) is 0 Å². The van der Waals surface area contributed by atoms with Crippen molar-refractivity contribution in [3.8, 4) is 23.0 Å². The number of halogens is 1. The zero-order valence-electron chi connectivity index (χ0n) is 12.6. The molecule has 0 spiro atoms. The molecule has 0 saturated heterocycles. The lowest BCUT2D eigenvalue weighted by atomic mass is 10.0. The molecule has 112 valence electrons. The predicted octanol–water partition coefficient (Wildman–Crippen LogP) is 5.22. The van der Waals surface area contributed by atoms with Gasteiger partial charge in [-0.15, -0.1) is 0 Å². The van der Waals surface area contributed by atoms with Crippen molar-refractivity contribution in [3.63, 3.8) is 0 Å². The molecular weight excluding hydrogens is 379 g/mol. The second kappa shape index (κ2) is 7.02. The Morgan fingerprint density at radius 3 is 2.10 bits per heavy atom. The third kappa shape index (κ3) is 3.81. The van der Waals surface area contributed by atoms with Gasteiger partial charge < -0.3 is 14.2 Å². The van der Waals surface area contributed by atoms with Crippen molar-refractivity contribution in [2.24, 2.45) is 0 Å². The summed E-state index contributed by atoms with van der Waals surface area (Å²) in [5.41, 5.74) is 1.30. The highest BCUT2D eigenvalue weighted by Crippen LogP contribution is 2.35. The smallest absolute Gasteiger partial charge is 0.164 e. The van der Waals surface area contributed by atoms with Gasteiger partial charge in [-0.2, -0.15) is 0 Å². The fraction of sp³-hybridized carbons (Fsp3) is 0.294. The van der Waals surface area contributed by atoms with E-state index in [-0.39, 0.29) is 0 Å². The van der Waals surface area contributed by atoms with Gasteiger partial charge in [-0.05, 0) is 58.3 Å². The zero-order valence-corrected chi connectivity index (χ0v) is 14.8. The molecule has 0 aromatic heterocycles. The molecule has 0 unspecified atom stereocenters. The van der Waals surface area contributed by atoms with Crippen LogP contribution in [0.3, 0.4) is 0 Å². The monoisotopic (exact) mass is 398 g/mol. The molecule has 3 nitrogen and oxygen atoms in total. The molecular formula is C17H19IO3. The molecule has 0 saturated carbocycles. The molecule has 0 aliphatic heterocycles. The third-order valence-electron chi connectivity index (χ3n) is 3.21. The van der Waals surface area contributed by atoms with E-state index in [1.54, 1.807) is 14.2 Å². The minimum atomic E-state index is 0.508. The Balaban J connectivity index is 2.26. The van der Waals surface area contributed by atoms with Crippen LogP contribution in [-0.2, 0) is 0 Å². The normalized spacial score (nSPS) is 10.6. The van der Waals surface area contributed by atoms with Crippen LogP contribution in [0, 0.1) is 3.57 Å². The van der Waals surface area contributed by atoms with Crippen LogP contribution in [0.2, 0.25) is 0 Å². The molecule has 2 aromatic rings. The number of methoxy groups -OCH3 is 2. The van der Waals surface area contributed by atoms with Crippen LogP contribution in [0.25, 0.3) is 0 Å². The minimum Gasteiger partial charge on any atom is -0.493 e. The second-order valence-corrected chi connectivity index (χ2v) is 6.13. The molecule has 0 fully saturated rings. The molecule has 4 heteroatoms. The number of hydrogen-bond donors (Lipinski definition) is 0. The van der Waals surface area contributed by atoms with Crippen molar-refractivity contribution >= 4 is 22.6 Å². The third-order valence-corrected chi connectivity index (χ3v) is 4.05. The van der Waals surface area contributed by atoms with Gasteiger partial charge in [-0.3, -0.25) is 0 Å². The molecule has 0 aliphatic rings. The summed E-state index contributed by atoms with van der Waals surface area (Å²) in [6.07, 6.45) is 0. The highest BCUT2D eigenvalue weighted by Gasteiger charge is 2.09. The first-order chi connectivity index (χ1) is 10.0. The first kappa shape index (κ1) is 15.9. The van der Waals surface area contributed by atoms with Crippen molar-refractivity contribution in [1.82, 2.24) is 0 Å². The zero-order chi connectivity index (χ0) is 15.4. The van der Waals surface area contributed by atoms with E-state index in [0.29, 0.717) is 17.4 Å². The highest BCUT2D eigenvalue weighted by molar-refractivity contribution is 14.1. The molecule has 0 amide bonds. The molecule has 0 bridgehead atoms. The van der Waals surface area contributed by atoms with Crippen LogP contribution in [0.15, 0.2) is 36.4 Å². The van der Waals surface area contributed by atoms with Crippen LogP contribution < -0.4 is 14.2 Å². The Hall–Kier alpha value is -1.43. The first-order valence-electron chi connectivity index (χ1n) is 6.74. The lowest BCUT2D eigenvalue weighted by Gasteiger charge is -2.13. The SMILES string of the molecule is COc1ccc(Oc2ccc(C(C)C)cc2I)cc1OC. The van der Waals surface area contributed by atoms with Gasteiger partial charge in [0, 0.05) is 6.07 Å². The van der Waals surface area contributed by atoms with E-state index in [1.807, 2.05) is 24.3 Å². The molecule has 0 aliphatic carbocycles. The van der Waals surface area contributed by atoms with Crippen LogP contribution >= 0.6 is 22.6 Å². The average molecular weight is 398 g/mol. The van der Waals surface area contributed by atoms with E-state index in [4.69, 9.17) is 14.2 Å². The standard InChI is InChI=1S/C17H19IO3/c1-11(2)12-5-7-15(14(18)9-12)21-13-6-8-16(19-3)17(10-13)20-4/h5-11H,1-4H3. The Morgan fingerprint density at radius 2 is 1.52 bits per heavy atom. The maximum atomic E-state index is 5.94. The Kier molecular flexibility index (Phi) is 5.33. The van der Waals surface area contributed by atoms with E-state index in [0.717, 1.165) is 15.1 Å². The molecule has 2 rings (SSSR count). The van der Waals surface area contributed by atoms with Crippen molar-refractivity contribution in [2.45, 2.75) is 19.8 Å². The van der Waals surface area contributed by atoms with Crippen molar-refractivity contribution in [2.75, 3.05) is 14.2 Å². The Labute approximate surface area is 139 Å². The minimum absolute atomic E-state index is 0.508. The molecule has 0 N–H and O–H groups in total. The summed E-state index contributed by atoms with van der Waals surface area (Å²) < 4.78 is 17.5. The predicted molar refractivity (Wildman–Crippen MR) is 92.9 cm³/mol. The van der Waals surface area contributed by atoms with E-state index < -0.39 is 0 Å². The Bertz CT molecular complexity index is 623. The van der Waals surface area contributed by atoms with Gasteiger partial charge in [0.25, 0.3) is 0 Å². The van der Waals surface area contributed by atoms with Crippen molar-refractivity contribution in [1.29, 1.82) is 0 Å². The summed E-state index contributed by atoms with van der Waals surface area (Å²) in [7, 11) is 3.23. The van der Waals surface area contributed by atoms with Gasteiger partial charge in [0.1, 0.15) is 11.5 Å². The maximum Gasteiger partial charge on any atom is 0.164 e. The summed E-state index contributed by atoms with van der Waals surface area (Å²) in [6, 6.07) is 11.8. The highest BCUT2D eigenvalue weighted by atomic mass is 127. The fourth-order valence-corrected chi connectivity index (χ4v) is 2.62. The molecule has 21 heavy (non-hydrogen) atoms. The lowest BCUT2D eigenvalue weighted by Crippen LogP contribution is -1.94. The number of rotatable bonds is 5. The van der Waals surface area contributed by atoms with Gasteiger partial charge in [0.05, 0.1) is 17.8 Å². The number of ether oxygens (including phenoxy) is 3. The topological polar surface area (TPSA) is 27.7 Å². The molecule has 0 atom stereocenters. The van der Waals surface area contributed by atoms with Gasteiger partial charge in [-0.1, -0.05) is 19.9 Å². The van der Waals surface area contributed by atoms with E-state index in [2.05, 4.69) is 48.6 Å². The van der Waals surface area contributed by atoms with Crippen molar-refractivity contribution < 1.29 is 14.2 Å². The van der Waals surface area contributed by atoms with Gasteiger partial charge in [0.15, 0.2) is 11.5 Å². The van der Waals surface area contributed by atoms with Crippen LogP contribution in [-0.4, -0.2) is 14.2 Å². The molecule has 0 heterocycles. The average Bonchev–Trinajstić information content (AvgIpc) is 2.48. The number of benzene rings is 2. The van der Waals surface area contributed by atoms with Crippen molar-refractivity contribution in [3.05, 3.63) is 45.5 Å². The second-order valence-electron chi connectivity index (χ2n) is 4.96. The van der Waals surface area contributed by atoms with Crippen LogP contribution in [0.5, 0.6) is 23.0 Å².